The molecule has 0 saturated carbocycles. The number of rotatable bonds is 5. The Hall–Kier alpha value is -4.26. The molecular weight excluding hydrogens is 434 g/mol. The predicted molar refractivity (Wildman–Crippen MR) is 128 cm³/mol. The molecule has 0 bridgehead atoms. The van der Waals surface area contributed by atoms with Gasteiger partial charge in [0, 0.05) is 0 Å². The van der Waals surface area contributed by atoms with Crippen LogP contribution in [0, 0.1) is 13.8 Å². The zero-order valence-electron chi connectivity index (χ0n) is 19.3. The lowest BCUT2D eigenvalue weighted by Gasteiger charge is -2.26. The van der Waals surface area contributed by atoms with Gasteiger partial charge in [-0.15, -0.1) is 0 Å². The van der Waals surface area contributed by atoms with Crippen molar-refractivity contribution in [1.82, 2.24) is 0 Å². The number of aryl methyl sites for hydroxylation is 2. The normalized spacial score (nSPS) is 17.2. The van der Waals surface area contributed by atoms with Crippen LogP contribution >= 0.6 is 0 Å². The van der Waals surface area contributed by atoms with Crippen molar-refractivity contribution in [3.63, 3.8) is 0 Å². The summed E-state index contributed by atoms with van der Waals surface area (Å²) in [4.78, 5) is 27.9. The lowest BCUT2D eigenvalue weighted by atomic mass is 9.93. The summed E-state index contributed by atoms with van der Waals surface area (Å²) in [5, 5.41) is 22.0. The number of ketones is 1. The van der Waals surface area contributed by atoms with Crippen LogP contribution in [0.3, 0.4) is 0 Å². The van der Waals surface area contributed by atoms with Crippen LogP contribution in [-0.4, -0.2) is 36.1 Å². The Balaban J connectivity index is 2.03. The molecule has 3 aromatic rings. The minimum Gasteiger partial charge on any atom is -0.507 e. The first kappa shape index (κ1) is 22.9. The third kappa shape index (κ3) is 3.85. The van der Waals surface area contributed by atoms with Crippen LogP contribution in [0.1, 0.15) is 28.3 Å². The van der Waals surface area contributed by atoms with Gasteiger partial charge in [-0.25, -0.2) is 0 Å². The van der Waals surface area contributed by atoms with Gasteiger partial charge in [0.2, 0.25) is 0 Å². The summed E-state index contributed by atoms with van der Waals surface area (Å²) in [6.07, 6.45) is 0. The number of methoxy groups -OCH3 is 2. The van der Waals surface area contributed by atoms with Gasteiger partial charge in [0.25, 0.3) is 11.7 Å². The van der Waals surface area contributed by atoms with E-state index in [1.807, 2.05) is 32.0 Å². The monoisotopic (exact) mass is 459 g/mol. The summed E-state index contributed by atoms with van der Waals surface area (Å²) in [5.41, 5.74) is 2.62. The first-order chi connectivity index (χ1) is 16.3. The van der Waals surface area contributed by atoms with Gasteiger partial charge in [0.15, 0.2) is 0 Å². The van der Waals surface area contributed by atoms with E-state index in [0.29, 0.717) is 17.1 Å². The Kier molecular flexibility index (Phi) is 6.03. The van der Waals surface area contributed by atoms with Gasteiger partial charge in [-0.2, -0.15) is 0 Å². The molecule has 1 fully saturated rings. The number of ether oxygens (including phenoxy) is 2. The van der Waals surface area contributed by atoms with Crippen molar-refractivity contribution in [2.24, 2.45) is 0 Å². The van der Waals surface area contributed by atoms with Crippen LogP contribution in [0.15, 0.2) is 66.2 Å². The number of benzene rings is 3. The Bertz CT molecular complexity index is 1330. The number of amides is 1. The number of Topliss-reactive ketones (excluding diaryl/α,β-unsaturated/α-hetero) is 1. The lowest BCUT2D eigenvalue weighted by Crippen LogP contribution is -2.29. The zero-order chi connectivity index (χ0) is 24.6. The van der Waals surface area contributed by atoms with Gasteiger partial charge in [-0.3, -0.25) is 14.5 Å². The maximum atomic E-state index is 13.4. The topological polar surface area (TPSA) is 96.3 Å². The van der Waals surface area contributed by atoms with Gasteiger partial charge in [-0.05, 0) is 55.3 Å². The molecule has 1 amide bonds. The van der Waals surface area contributed by atoms with E-state index in [0.717, 1.165) is 11.1 Å². The number of hydrogen-bond donors (Lipinski definition) is 2. The molecule has 1 aliphatic rings. The number of hydrogen-bond acceptors (Lipinski definition) is 6. The molecule has 34 heavy (non-hydrogen) atoms. The van der Waals surface area contributed by atoms with Crippen molar-refractivity contribution in [3.05, 3.63) is 88.5 Å². The van der Waals surface area contributed by atoms with E-state index in [1.54, 1.807) is 36.4 Å². The number of carbonyl (C=O) groups excluding carboxylic acids is 2. The second-order valence-electron chi connectivity index (χ2n) is 8.14. The van der Waals surface area contributed by atoms with Crippen molar-refractivity contribution in [3.8, 4) is 17.2 Å². The van der Waals surface area contributed by atoms with Gasteiger partial charge >= 0.3 is 0 Å². The number of anilines is 1. The van der Waals surface area contributed by atoms with Crippen LogP contribution in [0.2, 0.25) is 0 Å². The average molecular weight is 459 g/mol. The van der Waals surface area contributed by atoms with E-state index < -0.39 is 23.5 Å². The molecule has 1 heterocycles. The van der Waals surface area contributed by atoms with E-state index in [-0.39, 0.29) is 22.6 Å². The molecule has 4 rings (SSSR count). The number of phenolic OH excluding ortho intramolecular Hbond substituents is 1. The summed E-state index contributed by atoms with van der Waals surface area (Å²) in [6.45, 7) is 3.72. The molecule has 7 nitrogen and oxygen atoms in total. The number of aromatic hydroxyl groups is 1. The Morgan fingerprint density at radius 1 is 0.912 bits per heavy atom. The second-order valence-corrected chi connectivity index (χ2v) is 8.14. The Labute approximate surface area is 197 Å². The maximum Gasteiger partial charge on any atom is 0.300 e. The second kappa shape index (κ2) is 8.94. The molecule has 0 aromatic heterocycles. The van der Waals surface area contributed by atoms with E-state index in [1.165, 1.54) is 25.2 Å². The Morgan fingerprint density at radius 3 is 2.32 bits per heavy atom. The summed E-state index contributed by atoms with van der Waals surface area (Å²) in [7, 11) is 2.93. The van der Waals surface area contributed by atoms with E-state index in [4.69, 9.17) is 9.47 Å². The molecule has 174 valence electrons. The zero-order valence-corrected chi connectivity index (χ0v) is 19.3. The molecule has 2 N–H and O–H groups in total. The first-order valence-electron chi connectivity index (χ1n) is 10.7. The summed E-state index contributed by atoms with van der Waals surface area (Å²) >= 11 is 0. The van der Waals surface area contributed by atoms with Gasteiger partial charge in [-0.1, -0.05) is 35.9 Å². The highest BCUT2D eigenvalue weighted by atomic mass is 16.5. The standard InChI is InChI=1S/C27H25NO6/c1-15-6-5-7-17(12-15)24-23(25(30)19-14-18(33-3)9-11-22(19)34-4)26(31)27(32)28(24)20-13-16(2)8-10-21(20)29/h5-14,24,29-30H,1-4H3/b25-23+. The van der Waals surface area contributed by atoms with Gasteiger partial charge in [0.05, 0.1) is 37.1 Å². The number of aliphatic hydroxyl groups excluding tert-OH is 1. The number of nitrogens with zero attached hydrogens (tertiary/aromatic N) is 1. The highest BCUT2D eigenvalue weighted by Crippen LogP contribution is 2.46. The molecular formula is C27H25NO6. The third-order valence-corrected chi connectivity index (χ3v) is 5.85. The van der Waals surface area contributed by atoms with Crippen LogP contribution < -0.4 is 14.4 Å². The van der Waals surface area contributed by atoms with Crippen LogP contribution in [0.4, 0.5) is 5.69 Å². The minimum absolute atomic E-state index is 0.108. The lowest BCUT2D eigenvalue weighted by molar-refractivity contribution is -0.132. The molecule has 1 saturated heterocycles. The van der Waals surface area contributed by atoms with Crippen LogP contribution in [0.5, 0.6) is 17.2 Å². The van der Waals surface area contributed by atoms with E-state index >= 15 is 0 Å². The van der Waals surface area contributed by atoms with Gasteiger partial charge in [0.1, 0.15) is 23.0 Å². The highest BCUT2D eigenvalue weighted by Gasteiger charge is 2.48. The number of aliphatic hydroxyl groups is 1. The quantitative estimate of drug-likeness (QED) is 0.328. The Morgan fingerprint density at radius 2 is 1.65 bits per heavy atom. The summed E-state index contributed by atoms with van der Waals surface area (Å²) in [5.74, 6) is -1.50. The fraction of sp³-hybridized carbons (Fsp3) is 0.185. The van der Waals surface area contributed by atoms with Crippen molar-refractivity contribution in [1.29, 1.82) is 0 Å². The van der Waals surface area contributed by atoms with E-state index in [9.17, 15) is 19.8 Å². The van der Waals surface area contributed by atoms with Crippen molar-refractivity contribution in [2.45, 2.75) is 19.9 Å². The fourth-order valence-electron chi connectivity index (χ4n) is 4.21. The molecule has 0 aliphatic carbocycles. The minimum atomic E-state index is -0.969. The highest BCUT2D eigenvalue weighted by molar-refractivity contribution is 6.52. The van der Waals surface area contributed by atoms with Crippen molar-refractivity contribution in [2.75, 3.05) is 19.1 Å². The van der Waals surface area contributed by atoms with E-state index in [2.05, 4.69) is 0 Å². The first-order valence-corrected chi connectivity index (χ1v) is 10.7. The summed E-state index contributed by atoms with van der Waals surface area (Å²) in [6, 6.07) is 16.0. The predicted octanol–water partition coefficient (Wildman–Crippen LogP) is 4.65. The van der Waals surface area contributed by atoms with Crippen LogP contribution in [-0.2, 0) is 9.59 Å². The molecule has 0 spiro atoms. The molecule has 7 heteroatoms. The van der Waals surface area contributed by atoms with Crippen molar-refractivity contribution >= 4 is 23.1 Å². The fourth-order valence-corrected chi connectivity index (χ4v) is 4.21. The molecule has 0 radical (unpaired) electrons. The molecule has 1 unspecified atom stereocenters. The molecule has 3 aromatic carbocycles. The van der Waals surface area contributed by atoms with Gasteiger partial charge < -0.3 is 19.7 Å². The largest absolute Gasteiger partial charge is 0.507 e. The summed E-state index contributed by atoms with van der Waals surface area (Å²) < 4.78 is 10.7. The smallest absolute Gasteiger partial charge is 0.300 e. The number of carbonyl (C=O) groups is 2. The van der Waals surface area contributed by atoms with Crippen LogP contribution in [0.25, 0.3) is 5.76 Å². The number of phenols is 1. The maximum absolute atomic E-state index is 13.4. The third-order valence-electron chi connectivity index (χ3n) is 5.85. The molecule has 1 atom stereocenters. The molecule has 1 aliphatic heterocycles. The van der Waals surface area contributed by atoms with Crippen molar-refractivity contribution < 1.29 is 29.3 Å². The SMILES string of the molecule is COc1ccc(OC)c(/C(O)=C2\C(=O)C(=O)N(c3cc(C)ccc3O)C2c2cccc(C)c2)c1. The average Bonchev–Trinajstić information content (AvgIpc) is 3.10.